The topological polar surface area (TPSA) is 69.0 Å². The molecule has 0 saturated carbocycles. The van der Waals surface area contributed by atoms with Gasteiger partial charge in [0, 0.05) is 25.4 Å². The van der Waals surface area contributed by atoms with Crippen molar-refractivity contribution in [2.75, 3.05) is 6.54 Å². The fourth-order valence-corrected chi connectivity index (χ4v) is 3.40. The second kappa shape index (κ2) is 9.87. The molecule has 0 spiro atoms. The second-order valence-electron chi connectivity index (χ2n) is 7.26. The third-order valence-electron chi connectivity index (χ3n) is 4.95. The van der Waals surface area contributed by atoms with E-state index in [1.165, 1.54) is 24.4 Å². The lowest BCUT2D eigenvalue weighted by molar-refractivity contribution is -0.116. The molecule has 2 aromatic carbocycles. The van der Waals surface area contributed by atoms with Crippen LogP contribution in [0.2, 0.25) is 0 Å². The first-order chi connectivity index (χ1) is 15.6. The summed E-state index contributed by atoms with van der Waals surface area (Å²) in [6.07, 6.45) is 6.86. The summed E-state index contributed by atoms with van der Waals surface area (Å²) in [7, 11) is 0. The SMILES string of the molecule is Cc1nc2ccccc2n1CCCNC(=O)/C=C/c1ccc(Oc2cccnc2)c(F)c1. The number of ether oxygens (including phenoxy) is 1. The van der Waals surface area contributed by atoms with E-state index >= 15 is 0 Å². The highest BCUT2D eigenvalue weighted by Crippen LogP contribution is 2.24. The van der Waals surface area contributed by atoms with Crippen LogP contribution < -0.4 is 10.1 Å². The van der Waals surface area contributed by atoms with Crippen LogP contribution in [-0.4, -0.2) is 27.0 Å². The lowest BCUT2D eigenvalue weighted by Crippen LogP contribution is -2.23. The lowest BCUT2D eigenvalue weighted by atomic mass is 10.2. The van der Waals surface area contributed by atoms with E-state index in [4.69, 9.17) is 4.74 Å². The molecule has 0 radical (unpaired) electrons. The number of carbonyl (C=O) groups is 1. The normalized spacial score (nSPS) is 11.2. The molecule has 162 valence electrons. The fraction of sp³-hybridized carbons (Fsp3) is 0.160. The molecule has 0 atom stereocenters. The minimum absolute atomic E-state index is 0.0990. The number of rotatable bonds is 8. The van der Waals surface area contributed by atoms with Crippen molar-refractivity contribution in [3.63, 3.8) is 0 Å². The molecule has 0 unspecified atom stereocenters. The van der Waals surface area contributed by atoms with Gasteiger partial charge in [0.1, 0.15) is 11.6 Å². The molecule has 1 amide bonds. The Morgan fingerprint density at radius 1 is 1.19 bits per heavy atom. The smallest absolute Gasteiger partial charge is 0.244 e. The standard InChI is InChI=1S/C25H23FN4O2/c1-18-29-22-7-2-3-8-23(22)30(18)15-5-14-28-25(31)12-10-19-9-11-24(21(26)16-19)32-20-6-4-13-27-17-20/h2-4,6-13,16-17H,5,14-15H2,1H3,(H,28,31)/b12-10+. The number of aryl methyl sites for hydroxylation is 2. The van der Waals surface area contributed by atoms with E-state index < -0.39 is 5.82 Å². The second-order valence-corrected chi connectivity index (χ2v) is 7.26. The van der Waals surface area contributed by atoms with Gasteiger partial charge in [-0.1, -0.05) is 18.2 Å². The third-order valence-corrected chi connectivity index (χ3v) is 4.95. The van der Waals surface area contributed by atoms with E-state index in [1.807, 2.05) is 31.2 Å². The van der Waals surface area contributed by atoms with E-state index in [-0.39, 0.29) is 11.7 Å². The zero-order chi connectivity index (χ0) is 22.3. The Hall–Kier alpha value is -4.00. The summed E-state index contributed by atoms with van der Waals surface area (Å²) in [5, 5.41) is 2.86. The van der Waals surface area contributed by atoms with Gasteiger partial charge < -0.3 is 14.6 Å². The first-order valence-electron chi connectivity index (χ1n) is 10.4. The van der Waals surface area contributed by atoms with Crippen LogP contribution in [0.1, 0.15) is 17.8 Å². The molecule has 4 rings (SSSR count). The molecule has 6 nitrogen and oxygen atoms in total. The molecule has 0 saturated heterocycles. The predicted molar refractivity (Wildman–Crippen MR) is 122 cm³/mol. The highest BCUT2D eigenvalue weighted by atomic mass is 19.1. The third kappa shape index (κ3) is 5.18. The molecule has 2 aromatic heterocycles. The molecule has 0 aliphatic rings. The number of nitrogens with one attached hydrogen (secondary N) is 1. The molecule has 2 heterocycles. The maximum absolute atomic E-state index is 14.3. The number of aromatic nitrogens is 3. The monoisotopic (exact) mass is 430 g/mol. The summed E-state index contributed by atoms with van der Waals surface area (Å²) in [6, 6.07) is 15.9. The van der Waals surface area contributed by atoms with Crippen LogP contribution in [0.15, 0.2) is 73.1 Å². The van der Waals surface area contributed by atoms with Gasteiger partial charge in [-0.15, -0.1) is 0 Å². The quantitative estimate of drug-likeness (QED) is 0.319. The zero-order valence-corrected chi connectivity index (χ0v) is 17.7. The number of hydrogen-bond donors (Lipinski definition) is 1. The van der Waals surface area contributed by atoms with Crippen LogP contribution in [0.4, 0.5) is 4.39 Å². The van der Waals surface area contributed by atoms with Gasteiger partial charge in [0.15, 0.2) is 11.6 Å². The van der Waals surface area contributed by atoms with Gasteiger partial charge in [0.05, 0.1) is 17.2 Å². The Bertz CT molecular complexity index is 1250. The number of benzene rings is 2. The summed E-state index contributed by atoms with van der Waals surface area (Å²) in [4.78, 5) is 20.6. The minimum Gasteiger partial charge on any atom is -0.453 e. The molecule has 7 heteroatoms. The first kappa shape index (κ1) is 21.2. The van der Waals surface area contributed by atoms with E-state index in [0.29, 0.717) is 17.9 Å². The van der Waals surface area contributed by atoms with E-state index in [0.717, 1.165) is 29.8 Å². The van der Waals surface area contributed by atoms with E-state index in [2.05, 4.69) is 19.9 Å². The Morgan fingerprint density at radius 3 is 2.88 bits per heavy atom. The van der Waals surface area contributed by atoms with Gasteiger partial charge in [0.2, 0.25) is 5.91 Å². The molecular weight excluding hydrogens is 407 g/mol. The highest BCUT2D eigenvalue weighted by Gasteiger charge is 2.07. The van der Waals surface area contributed by atoms with Crippen molar-refractivity contribution in [3.8, 4) is 11.5 Å². The van der Waals surface area contributed by atoms with Crippen molar-refractivity contribution in [1.82, 2.24) is 19.9 Å². The molecule has 0 aliphatic heterocycles. The van der Waals surface area contributed by atoms with Crippen molar-refractivity contribution in [3.05, 3.63) is 90.3 Å². The van der Waals surface area contributed by atoms with E-state index in [9.17, 15) is 9.18 Å². The molecule has 0 fully saturated rings. The number of halogens is 1. The van der Waals surface area contributed by atoms with Crippen molar-refractivity contribution >= 4 is 23.0 Å². The van der Waals surface area contributed by atoms with Gasteiger partial charge in [0.25, 0.3) is 0 Å². The molecule has 0 bridgehead atoms. The summed E-state index contributed by atoms with van der Waals surface area (Å²) in [5.41, 5.74) is 2.63. The number of para-hydroxylation sites is 2. The van der Waals surface area contributed by atoms with Gasteiger partial charge in [-0.25, -0.2) is 9.37 Å². The average Bonchev–Trinajstić information content (AvgIpc) is 3.12. The Balaban J connectivity index is 1.27. The van der Waals surface area contributed by atoms with E-state index in [1.54, 1.807) is 30.5 Å². The van der Waals surface area contributed by atoms with Gasteiger partial charge >= 0.3 is 0 Å². The summed E-state index contributed by atoms with van der Waals surface area (Å²) in [6.45, 7) is 3.27. The van der Waals surface area contributed by atoms with Gasteiger partial charge in [-0.2, -0.15) is 0 Å². The Labute approximate surface area is 185 Å². The van der Waals surface area contributed by atoms with Gasteiger partial charge in [-0.05, 0) is 61.4 Å². The summed E-state index contributed by atoms with van der Waals surface area (Å²) in [5.74, 6) is 0.762. The maximum Gasteiger partial charge on any atom is 0.244 e. The first-order valence-corrected chi connectivity index (χ1v) is 10.4. The van der Waals surface area contributed by atoms with Crippen molar-refractivity contribution in [1.29, 1.82) is 0 Å². The largest absolute Gasteiger partial charge is 0.453 e. The molecule has 0 aliphatic carbocycles. The number of hydrogen-bond acceptors (Lipinski definition) is 4. The lowest BCUT2D eigenvalue weighted by Gasteiger charge is -2.07. The van der Waals surface area contributed by atoms with Crippen molar-refractivity contribution in [2.24, 2.45) is 0 Å². The van der Waals surface area contributed by atoms with Crippen LogP contribution in [0.5, 0.6) is 11.5 Å². The molecular formula is C25H23FN4O2. The molecule has 32 heavy (non-hydrogen) atoms. The average molecular weight is 430 g/mol. The number of carbonyl (C=O) groups excluding carboxylic acids is 1. The number of nitrogens with zero attached hydrogens (tertiary/aromatic N) is 3. The highest BCUT2D eigenvalue weighted by molar-refractivity contribution is 5.91. The van der Waals surface area contributed by atoms with Crippen molar-refractivity contribution < 1.29 is 13.9 Å². The van der Waals surface area contributed by atoms with Crippen molar-refractivity contribution in [2.45, 2.75) is 19.9 Å². The maximum atomic E-state index is 14.3. The number of imidazole rings is 1. The number of fused-ring (bicyclic) bond motifs is 1. The minimum atomic E-state index is -0.515. The molecule has 4 aromatic rings. The summed E-state index contributed by atoms with van der Waals surface area (Å²) >= 11 is 0. The van der Waals surface area contributed by atoms with Crippen LogP contribution >= 0.6 is 0 Å². The molecule has 1 N–H and O–H groups in total. The van der Waals surface area contributed by atoms with Gasteiger partial charge in [-0.3, -0.25) is 9.78 Å². The van der Waals surface area contributed by atoms with Crippen LogP contribution in [0.25, 0.3) is 17.1 Å². The van der Waals surface area contributed by atoms with Crippen LogP contribution in [-0.2, 0) is 11.3 Å². The summed E-state index contributed by atoms with van der Waals surface area (Å²) < 4.78 is 21.9. The zero-order valence-electron chi connectivity index (χ0n) is 17.7. The number of pyridine rings is 1. The van der Waals surface area contributed by atoms with Crippen LogP contribution in [0.3, 0.4) is 0 Å². The number of amides is 1. The Morgan fingerprint density at radius 2 is 2.06 bits per heavy atom. The Kier molecular flexibility index (Phi) is 6.55. The van der Waals surface area contributed by atoms with Crippen LogP contribution in [0, 0.1) is 12.7 Å². The predicted octanol–water partition coefficient (Wildman–Crippen LogP) is 4.89. The fourth-order valence-electron chi connectivity index (χ4n) is 3.40.